The molecule has 6 nitrogen and oxygen atoms in total. The van der Waals surface area contributed by atoms with Crippen LogP contribution in [0.3, 0.4) is 0 Å². The lowest BCUT2D eigenvalue weighted by Gasteiger charge is -2.14. The van der Waals surface area contributed by atoms with Crippen LogP contribution in [0.1, 0.15) is 30.5 Å². The SMILES string of the molecule is CCNC(=NCc1ccn(C)c1)NCc1cc2c(cc1OC)CC(C)O2. The van der Waals surface area contributed by atoms with Crippen LogP contribution in [-0.2, 0) is 26.6 Å². The van der Waals surface area contributed by atoms with Gasteiger partial charge in [-0.05, 0) is 37.6 Å². The second-order valence-corrected chi connectivity index (χ2v) is 6.64. The molecule has 2 aromatic rings. The highest BCUT2D eigenvalue weighted by molar-refractivity contribution is 5.79. The number of guanidine groups is 1. The Labute approximate surface area is 155 Å². The lowest BCUT2D eigenvalue weighted by molar-refractivity contribution is 0.254. The standard InChI is InChI=1S/C20H28N4O2/c1-5-21-20(22-11-15-6-7-24(3)13-15)23-12-17-10-19-16(8-14(2)26-19)9-18(17)25-4/h6-7,9-10,13-14H,5,8,11-12H2,1-4H3,(H2,21,22,23). The van der Waals surface area contributed by atoms with Gasteiger partial charge in [0.1, 0.15) is 17.6 Å². The second-order valence-electron chi connectivity index (χ2n) is 6.64. The van der Waals surface area contributed by atoms with E-state index in [1.54, 1.807) is 7.11 Å². The van der Waals surface area contributed by atoms with Gasteiger partial charge in [0.05, 0.1) is 13.7 Å². The van der Waals surface area contributed by atoms with E-state index in [0.29, 0.717) is 13.1 Å². The number of nitrogens with one attached hydrogen (secondary N) is 2. The summed E-state index contributed by atoms with van der Waals surface area (Å²) in [6.07, 6.45) is 5.26. The van der Waals surface area contributed by atoms with Gasteiger partial charge in [-0.15, -0.1) is 0 Å². The summed E-state index contributed by atoms with van der Waals surface area (Å²) >= 11 is 0. The van der Waals surface area contributed by atoms with E-state index in [2.05, 4.69) is 53.9 Å². The van der Waals surface area contributed by atoms with E-state index in [4.69, 9.17) is 9.47 Å². The van der Waals surface area contributed by atoms with Gasteiger partial charge in [0.15, 0.2) is 5.96 Å². The fourth-order valence-electron chi connectivity index (χ4n) is 3.16. The number of ether oxygens (including phenoxy) is 2. The molecule has 1 aromatic heterocycles. The lowest BCUT2D eigenvalue weighted by atomic mass is 10.1. The minimum atomic E-state index is 0.225. The molecule has 1 unspecified atom stereocenters. The molecule has 3 rings (SSSR count). The number of methoxy groups -OCH3 is 1. The highest BCUT2D eigenvalue weighted by Crippen LogP contribution is 2.34. The molecule has 2 N–H and O–H groups in total. The van der Waals surface area contributed by atoms with E-state index in [1.807, 2.05) is 17.8 Å². The number of aryl methyl sites for hydroxylation is 1. The first-order chi connectivity index (χ1) is 12.6. The van der Waals surface area contributed by atoms with Crippen molar-refractivity contribution in [2.75, 3.05) is 13.7 Å². The molecule has 2 heterocycles. The normalized spacial score (nSPS) is 16.2. The van der Waals surface area contributed by atoms with Crippen molar-refractivity contribution < 1.29 is 9.47 Å². The lowest BCUT2D eigenvalue weighted by Crippen LogP contribution is -2.36. The quantitative estimate of drug-likeness (QED) is 0.617. The Hall–Kier alpha value is -2.63. The molecule has 0 fully saturated rings. The van der Waals surface area contributed by atoms with Gasteiger partial charge >= 0.3 is 0 Å². The summed E-state index contributed by atoms with van der Waals surface area (Å²) < 4.78 is 13.5. The first kappa shape index (κ1) is 18.2. The van der Waals surface area contributed by atoms with Crippen molar-refractivity contribution >= 4 is 5.96 Å². The average molecular weight is 356 g/mol. The third-order valence-corrected chi connectivity index (χ3v) is 4.40. The van der Waals surface area contributed by atoms with Gasteiger partial charge in [-0.25, -0.2) is 4.99 Å². The smallest absolute Gasteiger partial charge is 0.191 e. The Morgan fingerprint density at radius 2 is 2.23 bits per heavy atom. The largest absolute Gasteiger partial charge is 0.496 e. The third-order valence-electron chi connectivity index (χ3n) is 4.40. The van der Waals surface area contributed by atoms with Crippen LogP contribution in [-0.4, -0.2) is 30.3 Å². The summed E-state index contributed by atoms with van der Waals surface area (Å²) in [5.74, 6) is 2.63. The third kappa shape index (κ3) is 4.31. The molecular weight excluding hydrogens is 328 g/mol. The molecule has 1 atom stereocenters. The summed E-state index contributed by atoms with van der Waals surface area (Å²) in [5, 5.41) is 6.67. The van der Waals surface area contributed by atoms with E-state index in [9.17, 15) is 0 Å². The molecule has 0 saturated carbocycles. The fraction of sp³-hybridized carbons (Fsp3) is 0.450. The number of aromatic nitrogens is 1. The van der Waals surface area contributed by atoms with Gasteiger partial charge in [-0.2, -0.15) is 0 Å². The van der Waals surface area contributed by atoms with Gasteiger partial charge in [0.25, 0.3) is 0 Å². The maximum absolute atomic E-state index is 5.88. The monoisotopic (exact) mass is 356 g/mol. The maximum Gasteiger partial charge on any atom is 0.191 e. The van der Waals surface area contributed by atoms with Crippen LogP contribution in [0.5, 0.6) is 11.5 Å². The predicted molar refractivity (Wildman–Crippen MR) is 104 cm³/mol. The summed E-state index contributed by atoms with van der Waals surface area (Å²) in [4.78, 5) is 4.66. The summed E-state index contributed by atoms with van der Waals surface area (Å²) in [5.41, 5.74) is 3.45. The van der Waals surface area contributed by atoms with Crippen LogP contribution in [0.15, 0.2) is 35.6 Å². The van der Waals surface area contributed by atoms with E-state index in [1.165, 1.54) is 11.1 Å². The molecule has 140 valence electrons. The van der Waals surface area contributed by atoms with Gasteiger partial charge in [0.2, 0.25) is 0 Å². The van der Waals surface area contributed by atoms with E-state index in [0.717, 1.165) is 36.0 Å². The molecule has 0 aliphatic carbocycles. The first-order valence-electron chi connectivity index (χ1n) is 9.08. The van der Waals surface area contributed by atoms with Crippen molar-refractivity contribution in [1.82, 2.24) is 15.2 Å². The highest BCUT2D eigenvalue weighted by Gasteiger charge is 2.21. The minimum absolute atomic E-state index is 0.225. The van der Waals surface area contributed by atoms with Crippen LogP contribution in [0.2, 0.25) is 0 Å². The average Bonchev–Trinajstić information content (AvgIpc) is 3.20. The minimum Gasteiger partial charge on any atom is -0.496 e. The molecule has 26 heavy (non-hydrogen) atoms. The van der Waals surface area contributed by atoms with Gasteiger partial charge in [-0.3, -0.25) is 0 Å². The highest BCUT2D eigenvalue weighted by atomic mass is 16.5. The fourth-order valence-corrected chi connectivity index (χ4v) is 3.16. The molecule has 0 spiro atoms. The topological polar surface area (TPSA) is 59.8 Å². The molecule has 0 saturated heterocycles. The number of aliphatic imine (C=N–C) groups is 1. The molecule has 0 radical (unpaired) electrons. The van der Waals surface area contributed by atoms with Crippen LogP contribution in [0.4, 0.5) is 0 Å². The number of hydrogen-bond acceptors (Lipinski definition) is 3. The Balaban J connectivity index is 1.70. The van der Waals surface area contributed by atoms with E-state index in [-0.39, 0.29) is 6.10 Å². The van der Waals surface area contributed by atoms with E-state index >= 15 is 0 Å². The van der Waals surface area contributed by atoms with E-state index < -0.39 is 0 Å². The van der Waals surface area contributed by atoms with Crippen LogP contribution >= 0.6 is 0 Å². The Morgan fingerprint density at radius 3 is 2.92 bits per heavy atom. The zero-order valence-electron chi connectivity index (χ0n) is 16.0. The van der Waals surface area contributed by atoms with Crippen molar-refractivity contribution in [3.05, 3.63) is 47.3 Å². The molecule has 6 heteroatoms. The number of hydrogen-bond donors (Lipinski definition) is 2. The number of benzene rings is 1. The van der Waals surface area contributed by atoms with Crippen LogP contribution in [0.25, 0.3) is 0 Å². The van der Waals surface area contributed by atoms with Crippen molar-refractivity contribution in [3.8, 4) is 11.5 Å². The van der Waals surface area contributed by atoms with Crippen molar-refractivity contribution in [3.63, 3.8) is 0 Å². The van der Waals surface area contributed by atoms with Crippen molar-refractivity contribution in [1.29, 1.82) is 0 Å². The zero-order chi connectivity index (χ0) is 18.5. The van der Waals surface area contributed by atoms with Crippen LogP contribution in [0, 0.1) is 0 Å². The molecule has 0 bridgehead atoms. The van der Waals surface area contributed by atoms with Crippen LogP contribution < -0.4 is 20.1 Å². The Kier molecular flexibility index (Phi) is 5.71. The van der Waals surface area contributed by atoms with Crippen molar-refractivity contribution in [2.45, 2.75) is 39.5 Å². The Bertz CT molecular complexity index is 782. The Morgan fingerprint density at radius 1 is 1.38 bits per heavy atom. The zero-order valence-corrected chi connectivity index (χ0v) is 16.0. The molecule has 1 aliphatic heterocycles. The first-order valence-corrected chi connectivity index (χ1v) is 9.08. The molecule has 0 amide bonds. The maximum atomic E-state index is 5.88. The summed E-state index contributed by atoms with van der Waals surface area (Å²) in [7, 11) is 3.72. The van der Waals surface area contributed by atoms with Gasteiger partial charge in [-0.1, -0.05) is 0 Å². The molecule has 1 aromatic carbocycles. The number of nitrogens with zero attached hydrogens (tertiary/aromatic N) is 2. The van der Waals surface area contributed by atoms with Gasteiger partial charge < -0.3 is 24.7 Å². The second kappa shape index (κ2) is 8.17. The molecule has 1 aliphatic rings. The number of fused-ring (bicyclic) bond motifs is 1. The number of rotatable bonds is 6. The predicted octanol–water partition coefficient (Wildman–Crippen LogP) is 2.61. The summed E-state index contributed by atoms with van der Waals surface area (Å²) in [6, 6.07) is 6.24. The van der Waals surface area contributed by atoms with Crippen molar-refractivity contribution in [2.24, 2.45) is 12.0 Å². The van der Waals surface area contributed by atoms with Gasteiger partial charge in [0, 0.05) is 50.1 Å². The summed E-state index contributed by atoms with van der Waals surface area (Å²) in [6.45, 7) is 6.21. The molecular formula is C20H28N4O2.